The summed E-state index contributed by atoms with van der Waals surface area (Å²) in [5.41, 5.74) is 0.806. The van der Waals surface area contributed by atoms with E-state index in [1.54, 1.807) is 0 Å². The van der Waals surface area contributed by atoms with Crippen molar-refractivity contribution in [3.8, 4) is 6.07 Å². The molecule has 1 amide bonds. The van der Waals surface area contributed by atoms with Crippen molar-refractivity contribution in [2.75, 3.05) is 23.3 Å². The van der Waals surface area contributed by atoms with Crippen LogP contribution < -0.4 is 15.8 Å². The Hall–Kier alpha value is -3.14. The Balaban J connectivity index is 1.84. The minimum atomic E-state index is -0.964. The van der Waals surface area contributed by atoms with Gasteiger partial charge in [0.1, 0.15) is 11.7 Å². The third kappa shape index (κ3) is 2.73. The lowest BCUT2D eigenvalue weighted by Gasteiger charge is -2.31. The van der Waals surface area contributed by atoms with Gasteiger partial charge in [-0.2, -0.15) is 10.2 Å². The van der Waals surface area contributed by atoms with Crippen LogP contribution in [0.15, 0.2) is 35.1 Å². The van der Waals surface area contributed by atoms with Gasteiger partial charge in [-0.1, -0.05) is 30.3 Å². The number of aromatic amines is 1. The fourth-order valence-corrected chi connectivity index (χ4v) is 3.77. The van der Waals surface area contributed by atoms with Crippen molar-refractivity contribution < 1.29 is 4.79 Å². The second-order valence-electron chi connectivity index (χ2n) is 6.68. The molecule has 0 bridgehead atoms. The van der Waals surface area contributed by atoms with Crippen LogP contribution in [0.5, 0.6) is 0 Å². The summed E-state index contributed by atoms with van der Waals surface area (Å²) in [5, 5.41) is 12.2. The highest BCUT2D eigenvalue weighted by atomic mass is 16.2. The van der Waals surface area contributed by atoms with Crippen molar-refractivity contribution in [2.45, 2.75) is 25.2 Å². The maximum Gasteiger partial charge on any atom is 0.258 e. The van der Waals surface area contributed by atoms with Crippen LogP contribution in [-0.4, -0.2) is 29.0 Å². The Morgan fingerprint density at radius 2 is 1.85 bits per heavy atom. The number of benzene rings is 1. The highest BCUT2D eigenvalue weighted by molar-refractivity contribution is 5.97. The third-order valence-corrected chi connectivity index (χ3v) is 5.06. The van der Waals surface area contributed by atoms with E-state index < -0.39 is 17.7 Å². The average Bonchev–Trinajstić information content (AvgIpc) is 2.68. The first kappa shape index (κ1) is 16.3. The van der Waals surface area contributed by atoms with Gasteiger partial charge in [0.05, 0.1) is 11.6 Å². The highest BCUT2D eigenvalue weighted by Crippen LogP contribution is 2.38. The second kappa shape index (κ2) is 6.64. The molecular weight excluding hydrogens is 330 g/mol. The zero-order valence-electron chi connectivity index (χ0n) is 14.2. The molecule has 1 aromatic heterocycles. The number of anilines is 2. The van der Waals surface area contributed by atoms with Crippen LogP contribution in [0.25, 0.3) is 0 Å². The van der Waals surface area contributed by atoms with Crippen molar-refractivity contribution >= 4 is 17.7 Å². The van der Waals surface area contributed by atoms with Crippen LogP contribution in [0.3, 0.4) is 0 Å². The van der Waals surface area contributed by atoms with Gasteiger partial charge >= 0.3 is 0 Å². The smallest absolute Gasteiger partial charge is 0.258 e. The van der Waals surface area contributed by atoms with Gasteiger partial charge in [0.2, 0.25) is 11.9 Å². The van der Waals surface area contributed by atoms with E-state index in [0.29, 0.717) is 11.5 Å². The second-order valence-corrected chi connectivity index (χ2v) is 6.68. The molecule has 3 heterocycles. The lowest BCUT2D eigenvalue weighted by molar-refractivity contribution is -0.119. The van der Waals surface area contributed by atoms with Gasteiger partial charge in [0.25, 0.3) is 5.56 Å². The predicted molar refractivity (Wildman–Crippen MR) is 96.9 cm³/mol. The summed E-state index contributed by atoms with van der Waals surface area (Å²) < 4.78 is 0. The van der Waals surface area contributed by atoms with E-state index in [0.717, 1.165) is 31.5 Å². The fourth-order valence-electron chi connectivity index (χ4n) is 3.77. The molecule has 0 radical (unpaired) electrons. The zero-order valence-corrected chi connectivity index (χ0v) is 14.2. The van der Waals surface area contributed by atoms with E-state index in [-0.39, 0.29) is 11.4 Å². The summed E-state index contributed by atoms with van der Waals surface area (Å²) in [6, 6.07) is 11.2. The van der Waals surface area contributed by atoms with Crippen molar-refractivity contribution in [3.05, 3.63) is 51.8 Å². The molecule has 2 aromatic rings. The Morgan fingerprint density at radius 1 is 1.12 bits per heavy atom. The number of rotatable bonds is 2. The number of carbonyl (C=O) groups is 1. The van der Waals surface area contributed by atoms with Crippen molar-refractivity contribution in [1.82, 2.24) is 9.97 Å². The van der Waals surface area contributed by atoms with E-state index in [9.17, 15) is 14.9 Å². The standard InChI is InChI=1S/C19H19N5O2/c20-11-13-14(12-7-3-1-4-8-12)15-16(21-17(13)25)22-19(23-18(15)26)24-9-5-2-6-10-24/h1,3-4,7-8,13-14H,2,5-6,9-10H2,(H2,21,22,23,25,26)/t13-,14+/m1/s1. The van der Waals surface area contributed by atoms with Gasteiger partial charge < -0.3 is 10.2 Å². The molecule has 0 saturated carbocycles. The number of nitriles is 1. The Morgan fingerprint density at radius 3 is 2.54 bits per heavy atom. The quantitative estimate of drug-likeness (QED) is 0.863. The number of hydrogen-bond donors (Lipinski definition) is 2. The van der Waals surface area contributed by atoms with Gasteiger partial charge in [0, 0.05) is 19.0 Å². The molecular formula is C19H19N5O2. The number of piperidine rings is 1. The molecule has 2 aliphatic rings. The summed E-state index contributed by atoms with van der Waals surface area (Å²) in [6.07, 6.45) is 3.27. The molecule has 0 aliphatic carbocycles. The summed E-state index contributed by atoms with van der Waals surface area (Å²) in [7, 11) is 0. The average molecular weight is 349 g/mol. The number of carbonyl (C=O) groups excluding carboxylic acids is 1. The normalized spacial score (nSPS) is 22.3. The molecule has 1 aromatic carbocycles. The van der Waals surface area contributed by atoms with Gasteiger partial charge in [-0.25, -0.2) is 0 Å². The molecule has 1 fully saturated rings. The number of H-pyrrole nitrogens is 1. The summed E-state index contributed by atoms with van der Waals surface area (Å²) in [4.78, 5) is 34.8. The fraction of sp³-hybridized carbons (Fsp3) is 0.368. The minimum Gasteiger partial charge on any atom is -0.342 e. The number of hydrogen-bond acceptors (Lipinski definition) is 5. The molecule has 2 aliphatic heterocycles. The number of nitrogens with zero attached hydrogens (tertiary/aromatic N) is 3. The van der Waals surface area contributed by atoms with E-state index in [4.69, 9.17) is 0 Å². The van der Waals surface area contributed by atoms with E-state index >= 15 is 0 Å². The van der Waals surface area contributed by atoms with Crippen LogP contribution in [0.4, 0.5) is 11.8 Å². The number of fused-ring (bicyclic) bond motifs is 1. The van der Waals surface area contributed by atoms with Gasteiger partial charge in [-0.15, -0.1) is 0 Å². The monoisotopic (exact) mass is 349 g/mol. The largest absolute Gasteiger partial charge is 0.342 e. The molecule has 26 heavy (non-hydrogen) atoms. The number of nitrogens with one attached hydrogen (secondary N) is 2. The first-order chi connectivity index (χ1) is 12.7. The molecule has 0 spiro atoms. The van der Waals surface area contributed by atoms with Crippen molar-refractivity contribution in [2.24, 2.45) is 5.92 Å². The minimum absolute atomic E-state index is 0.264. The third-order valence-electron chi connectivity index (χ3n) is 5.06. The SMILES string of the molecule is N#C[C@H]1C(=O)Nc2nc(N3CCCCC3)[nH]c(=O)c2[C@H]1c1ccccc1. The predicted octanol–water partition coefficient (Wildman–Crippen LogP) is 1.98. The lowest BCUT2D eigenvalue weighted by atomic mass is 9.79. The van der Waals surface area contributed by atoms with E-state index in [2.05, 4.69) is 15.3 Å². The Bertz CT molecular complexity index is 925. The molecule has 7 heteroatoms. The van der Waals surface area contributed by atoms with E-state index in [1.807, 2.05) is 41.3 Å². The van der Waals surface area contributed by atoms with Crippen molar-refractivity contribution in [3.63, 3.8) is 0 Å². The van der Waals surface area contributed by atoms with Crippen LogP contribution in [-0.2, 0) is 4.79 Å². The van der Waals surface area contributed by atoms with Gasteiger partial charge in [-0.3, -0.25) is 14.6 Å². The molecule has 2 N–H and O–H groups in total. The maximum atomic E-state index is 12.9. The highest BCUT2D eigenvalue weighted by Gasteiger charge is 2.40. The van der Waals surface area contributed by atoms with Crippen molar-refractivity contribution in [1.29, 1.82) is 5.26 Å². The number of amides is 1. The molecule has 7 nitrogen and oxygen atoms in total. The Kier molecular flexibility index (Phi) is 4.17. The first-order valence-electron chi connectivity index (χ1n) is 8.83. The maximum absolute atomic E-state index is 12.9. The summed E-state index contributed by atoms with van der Waals surface area (Å²) in [5.74, 6) is -1.27. The lowest BCUT2D eigenvalue weighted by Crippen LogP contribution is -2.40. The van der Waals surface area contributed by atoms with Gasteiger partial charge in [-0.05, 0) is 24.8 Å². The zero-order chi connectivity index (χ0) is 18.1. The topological polar surface area (TPSA) is 102 Å². The van der Waals surface area contributed by atoms with Crippen LogP contribution in [0.1, 0.15) is 36.3 Å². The molecule has 2 atom stereocenters. The van der Waals surface area contributed by atoms with Gasteiger partial charge in [0.15, 0.2) is 0 Å². The molecule has 0 unspecified atom stereocenters. The van der Waals surface area contributed by atoms with Crippen LogP contribution >= 0.6 is 0 Å². The Labute approximate surface area is 150 Å². The van der Waals surface area contributed by atoms with Crippen LogP contribution in [0.2, 0.25) is 0 Å². The first-order valence-corrected chi connectivity index (χ1v) is 8.83. The molecule has 1 saturated heterocycles. The van der Waals surface area contributed by atoms with Crippen LogP contribution in [0, 0.1) is 17.2 Å². The number of aromatic nitrogens is 2. The summed E-state index contributed by atoms with van der Waals surface area (Å²) >= 11 is 0. The van der Waals surface area contributed by atoms with E-state index in [1.165, 1.54) is 6.42 Å². The summed E-state index contributed by atoms with van der Waals surface area (Å²) in [6.45, 7) is 1.66. The molecule has 4 rings (SSSR count). The molecule has 132 valence electrons.